The van der Waals surface area contributed by atoms with E-state index in [-0.39, 0.29) is 0 Å². The highest BCUT2D eigenvalue weighted by atomic mass is 16.4. The molecule has 3 aromatic rings. The highest BCUT2D eigenvalue weighted by Gasteiger charge is 2.11. The molecule has 0 aliphatic rings. The highest BCUT2D eigenvalue weighted by Crippen LogP contribution is 2.31. The van der Waals surface area contributed by atoms with E-state index in [4.69, 9.17) is 5.11 Å². The number of hydrogen-bond acceptors (Lipinski definition) is 1. The van der Waals surface area contributed by atoms with Crippen molar-refractivity contribution in [2.45, 2.75) is 13.3 Å². The van der Waals surface area contributed by atoms with Crippen molar-refractivity contribution in [3.63, 3.8) is 0 Å². The van der Waals surface area contributed by atoms with Crippen LogP contribution in [-0.2, 0) is 6.42 Å². The lowest BCUT2D eigenvalue weighted by Crippen LogP contribution is -1.95. The molecule has 0 bridgehead atoms. The Morgan fingerprint density at radius 2 is 1.82 bits per heavy atom. The van der Waals surface area contributed by atoms with Crippen molar-refractivity contribution in [1.29, 1.82) is 0 Å². The van der Waals surface area contributed by atoms with E-state index in [2.05, 4.69) is 36.2 Å². The van der Waals surface area contributed by atoms with E-state index in [0.717, 1.165) is 28.8 Å². The van der Waals surface area contributed by atoms with Gasteiger partial charge in [0.05, 0.1) is 11.3 Å². The van der Waals surface area contributed by atoms with E-state index in [1.165, 1.54) is 5.56 Å². The van der Waals surface area contributed by atoms with Crippen LogP contribution in [0.1, 0.15) is 22.8 Å². The Balaban J connectivity index is 2.04. The zero-order chi connectivity index (χ0) is 15.5. The number of aromatic nitrogens is 1. The van der Waals surface area contributed by atoms with Crippen molar-refractivity contribution in [1.82, 2.24) is 4.98 Å². The van der Waals surface area contributed by atoms with Crippen LogP contribution in [0.4, 0.5) is 0 Å². The Kier molecular flexibility index (Phi) is 3.79. The molecule has 2 N–H and O–H groups in total. The Labute approximate surface area is 129 Å². The van der Waals surface area contributed by atoms with Gasteiger partial charge in [-0.1, -0.05) is 43.3 Å². The Morgan fingerprint density at radius 1 is 1.05 bits per heavy atom. The summed E-state index contributed by atoms with van der Waals surface area (Å²) in [6.07, 6.45) is 2.89. The van der Waals surface area contributed by atoms with Gasteiger partial charge < -0.3 is 10.1 Å². The summed E-state index contributed by atoms with van der Waals surface area (Å²) in [7, 11) is 0. The first-order valence-corrected chi connectivity index (χ1v) is 7.29. The second-order valence-electron chi connectivity index (χ2n) is 5.20. The van der Waals surface area contributed by atoms with Crippen molar-refractivity contribution in [3.05, 3.63) is 71.9 Å². The van der Waals surface area contributed by atoms with Crippen LogP contribution in [0.25, 0.3) is 22.4 Å². The summed E-state index contributed by atoms with van der Waals surface area (Å²) in [6.45, 7) is 2.13. The van der Waals surface area contributed by atoms with Gasteiger partial charge in [-0.3, -0.25) is 0 Å². The van der Waals surface area contributed by atoms with E-state index in [9.17, 15) is 4.79 Å². The molecule has 3 nitrogen and oxygen atoms in total. The molecule has 0 spiro atoms. The van der Waals surface area contributed by atoms with Crippen molar-refractivity contribution in [2.24, 2.45) is 0 Å². The maximum absolute atomic E-state index is 11.1. The minimum Gasteiger partial charge on any atom is -0.478 e. The maximum atomic E-state index is 11.1. The number of aromatic amines is 1. The molecule has 22 heavy (non-hydrogen) atoms. The molecule has 0 aliphatic carbocycles. The van der Waals surface area contributed by atoms with E-state index in [1.807, 2.05) is 18.3 Å². The normalized spacial score (nSPS) is 10.6. The Morgan fingerprint density at radius 3 is 2.50 bits per heavy atom. The smallest absolute Gasteiger partial charge is 0.335 e. The largest absolute Gasteiger partial charge is 0.478 e. The first-order valence-electron chi connectivity index (χ1n) is 7.29. The predicted octanol–water partition coefficient (Wildman–Crippen LogP) is 4.61. The molecule has 0 aliphatic heterocycles. The number of rotatable bonds is 4. The van der Waals surface area contributed by atoms with Gasteiger partial charge in [0, 0.05) is 11.8 Å². The van der Waals surface area contributed by atoms with Gasteiger partial charge in [0.15, 0.2) is 0 Å². The maximum Gasteiger partial charge on any atom is 0.335 e. The number of nitrogens with one attached hydrogen (secondary N) is 1. The van der Waals surface area contributed by atoms with Gasteiger partial charge in [0.25, 0.3) is 0 Å². The van der Waals surface area contributed by atoms with Crippen molar-refractivity contribution < 1.29 is 9.90 Å². The number of aryl methyl sites for hydroxylation is 1. The lowest BCUT2D eigenvalue weighted by molar-refractivity contribution is 0.0697. The minimum absolute atomic E-state index is 0.297. The highest BCUT2D eigenvalue weighted by molar-refractivity contribution is 5.91. The quantitative estimate of drug-likeness (QED) is 0.737. The zero-order valence-electron chi connectivity index (χ0n) is 12.3. The number of benzene rings is 2. The molecular formula is C19H17NO2. The lowest BCUT2D eigenvalue weighted by atomic mass is 9.99. The molecule has 110 valence electrons. The van der Waals surface area contributed by atoms with Gasteiger partial charge in [0.1, 0.15) is 0 Å². The fourth-order valence-corrected chi connectivity index (χ4v) is 2.58. The van der Waals surface area contributed by atoms with Gasteiger partial charge in [-0.15, -0.1) is 0 Å². The minimum atomic E-state index is -0.911. The molecule has 1 aromatic heterocycles. The van der Waals surface area contributed by atoms with E-state index in [0.29, 0.717) is 5.56 Å². The SMILES string of the molecule is CCc1ccc(-c2[nH]ccc2-c2cccc(C(=O)O)c2)cc1. The van der Waals surface area contributed by atoms with E-state index < -0.39 is 5.97 Å². The average Bonchev–Trinajstić information content (AvgIpc) is 3.04. The predicted molar refractivity (Wildman–Crippen MR) is 88.0 cm³/mol. The molecule has 1 heterocycles. The fraction of sp³-hybridized carbons (Fsp3) is 0.105. The molecular weight excluding hydrogens is 274 g/mol. The third kappa shape index (κ3) is 2.66. The van der Waals surface area contributed by atoms with Crippen LogP contribution in [0.5, 0.6) is 0 Å². The summed E-state index contributed by atoms with van der Waals surface area (Å²) < 4.78 is 0. The van der Waals surface area contributed by atoms with Gasteiger partial charge >= 0.3 is 5.97 Å². The van der Waals surface area contributed by atoms with Crippen LogP contribution in [0.2, 0.25) is 0 Å². The lowest BCUT2D eigenvalue weighted by Gasteiger charge is -2.07. The molecule has 0 unspecified atom stereocenters. The summed E-state index contributed by atoms with van der Waals surface area (Å²) in [5.74, 6) is -0.911. The molecule has 0 radical (unpaired) electrons. The standard InChI is InChI=1S/C19H17NO2/c1-2-13-6-8-14(9-7-13)18-17(10-11-20-18)15-4-3-5-16(12-15)19(21)22/h3-12,20H,2H2,1H3,(H,21,22). The van der Waals surface area contributed by atoms with Crippen LogP contribution in [0.3, 0.4) is 0 Å². The van der Waals surface area contributed by atoms with Crippen molar-refractivity contribution in [3.8, 4) is 22.4 Å². The Hall–Kier alpha value is -2.81. The number of H-pyrrole nitrogens is 1. The first-order chi connectivity index (χ1) is 10.7. The molecule has 0 amide bonds. The molecule has 2 aromatic carbocycles. The first kappa shape index (κ1) is 14.1. The molecule has 0 saturated carbocycles. The fourth-order valence-electron chi connectivity index (χ4n) is 2.58. The summed E-state index contributed by atoms with van der Waals surface area (Å²) in [6, 6.07) is 17.4. The van der Waals surface area contributed by atoms with Crippen LogP contribution < -0.4 is 0 Å². The second kappa shape index (κ2) is 5.90. The number of carboxylic acid groups (broad SMARTS) is 1. The van der Waals surface area contributed by atoms with Crippen LogP contribution in [0.15, 0.2) is 60.8 Å². The zero-order valence-corrected chi connectivity index (χ0v) is 12.3. The monoisotopic (exact) mass is 291 g/mol. The van der Waals surface area contributed by atoms with Gasteiger partial charge in [-0.25, -0.2) is 4.79 Å². The van der Waals surface area contributed by atoms with E-state index in [1.54, 1.807) is 18.2 Å². The Bertz CT molecular complexity index is 800. The summed E-state index contributed by atoms with van der Waals surface area (Å²) >= 11 is 0. The number of hydrogen-bond donors (Lipinski definition) is 2. The third-order valence-corrected chi connectivity index (χ3v) is 3.82. The van der Waals surface area contributed by atoms with Crippen LogP contribution in [0, 0.1) is 0 Å². The number of carbonyl (C=O) groups is 1. The molecule has 0 fully saturated rings. The van der Waals surface area contributed by atoms with Gasteiger partial charge in [-0.2, -0.15) is 0 Å². The molecule has 0 saturated heterocycles. The molecule has 0 atom stereocenters. The summed E-state index contributed by atoms with van der Waals surface area (Å²) in [5.41, 5.74) is 5.60. The van der Waals surface area contributed by atoms with Crippen molar-refractivity contribution >= 4 is 5.97 Å². The topological polar surface area (TPSA) is 53.1 Å². The molecule has 3 rings (SSSR count). The van der Waals surface area contributed by atoms with Gasteiger partial charge in [-0.05, 0) is 41.3 Å². The number of carboxylic acids is 1. The third-order valence-electron chi connectivity index (χ3n) is 3.82. The second-order valence-corrected chi connectivity index (χ2v) is 5.20. The van der Waals surface area contributed by atoms with Crippen LogP contribution >= 0.6 is 0 Å². The summed E-state index contributed by atoms with van der Waals surface area (Å²) in [5, 5.41) is 9.14. The van der Waals surface area contributed by atoms with E-state index >= 15 is 0 Å². The number of aromatic carboxylic acids is 1. The van der Waals surface area contributed by atoms with Crippen LogP contribution in [-0.4, -0.2) is 16.1 Å². The van der Waals surface area contributed by atoms with Crippen molar-refractivity contribution in [2.75, 3.05) is 0 Å². The van der Waals surface area contributed by atoms with Gasteiger partial charge in [0.2, 0.25) is 0 Å². The average molecular weight is 291 g/mol. The molecule has 3 heteroatoms. The summed E-state index contributed by atoms with van der Waals surface area (Å²) in [4.78, 5) is 14.4.